The van der Waals surface area contributed by atoms with E-state index in [1.165, 1.54) is 18.2 Å². The Labute approximate surface area is 109 Å². The Morgan fingerprint density at radius 1 is 1.50 bits per heavy atom. The van der Waals surface area contributed by atoms with E-state index >= 15 is 0 Å². The van der Waals surface area contributed by atoms with Crippen LogP contribution in [-0.2, 0) is 9.84 Å². The SMILES string of the molecule is C[C@](Cl)([C@@H](O)c1cccc([N+](=O)[O-])c1)S(C)(=O)=O. The van der Waals surface area contributed by atoms with Crippen molar-refractivity contribution in [2.75, 3.05) is 6.26 Å². The molecule has 0 aliphatic rings. The van der Waals surface area contributed by atoms with Crippen molar-refractivity contribution in [3.05, 3.63) is 39.9 Å². The first-order valence-electron chi connectivity index (χ1n) is 4.88. The van der Waals surface area contributed by atoms with Gasteiger partial charge in [-0.3, -0.25) is 10.1 Å². The predicted octanol–water partition coefficient (Wildman–Crippen LogP) is 1.63. The molecule has 1 aromatic carbocycles. The number of nitro groups is 1. The molecule has 0 heterocycles. The second-order valence-electron chi connectivity index (χ2n) is 4.01. The summed E-state index contributed by atoms with van der Waals surface area (Å²) in [5, 5.41) is 20.6. The van der Waals surface area contributed by atoms with Gasteiger partial charge in [0.05, 0.1) is 4.92 Å². The summed E-state index contributed by atoms with van der Waals surface area (Å²) in [7, 11) is -3.74. The third-order valence-electron chi connectivity index (χ3n) is 2.61. The minimum Gasteiger partial charge on any atom is -0.385 e. The van der Waals surface area contributed by atoms with Crippen molar-refractivity contribution in [3.8, 4) is 0 Å². The molecule has 1 aromatic rings. The summed E-state index contributed by atoms with van der Waals surface area (Å²) in [5.41, 5.74) is -0.167. The zero-order chi connectivity index (χ0) is 14.1. The Kier molecular flexibility index (Phi) is 3.99. The fraction of sp³-hybridized carbons (Fsp3) is 0.400. The van der Waals surface area contributed by atoms with E-state index in [0.717, 1.165) is 19.2 Å². The van der Waals surface area contributed by atoms with Gasteiger partial charge in [-0.15, -0.1) is 0 Å². The van der Waals surface area contributed by atoms with Gasteiger partial charge in [0.15, 0.2) is 14.0 Å². The number of aliphatic hydroxyl groups is 1. The van der Waals surface area contributed by atoms with E-state index in [-0.39, 0.29) is 11.3 Å². The Balaban J connectivity index is 3.23. The van der Waals surface area contributed by atoms with Gasteiger partial charge in [0.25, 0.3) is 5.69 Å². The summed E-state index contributed by atoms with van der Waals surface area (Å²) < 4.78 is 21.0. The highest BCUT2D eigenvalue weighted by Crippen LogP contribution is 2.36. The van der Waals surface area contributed by atoms with Gasteiger partial charge in [-0.25, -0.2) is 8.42 Å². The molecule has 0 unspecified atom stereocenters. The monoisotopic (exact) mass is 293 g/mol. The Bertz CT molecular complexity index is 569. The van der Waals surface area contributed by atoms with Crippen molar-refractivity contribution in [2.24, 2.45) is 0 Å². The average Bonchev–Trinajstić information content (AvgIpc) is 2.26. The number of nitrogens with zero attached hydrogens (tertiary/aromatic N) is 1. The molecule has 8 heteroatoms. The van der Waals surface area contributed by atoms with Crippen LogP contribution < -0.4 is 0 Å². The van der Waals surface area contributed by atoms with Crippen LogP contribution in [0.25, 0.3) is 0 Å². The first-order chi connectivity index (χ1) is 8.07. The number of sulfone groups is 1. The highest BCUT2D eigenvalue weighted by molar-refractivity contribution is 7.93. The Hall–Kier alpha value is -1.18. The fourth-order valence-corrected chi connectivity index (χ4v) is 1.98. The topological polar surface area (TPSA) is 97.5 Å². The van der Waals surface area contributed by atoms with Gasteiger partial charge in [-0.05, 0) is 12.5 Å². The molecule has 0 saturated carbocycles. The molecular weight excluding hydrogens is 282 g/mol. The number of alkyl halides is 1. The van der Waals surface area contributed by atoms with Gasteiger partial charge in [0, 0.05) is 18.4 Å². The molecule has 0 saturated heterocycles. The highest BCUT2D eigenvalue weighted by Gasteiger charge is 2.42. The van der Waals surface area contributed by atoms with Gasteiger partial charge in [-0.2, -0.15) is 0 Å². The van der Waals surface area contributed by atoms with Gasteiger partial charge in [0.2, 0.25) is 0 Å². The van der Waals surface area contributed by atoms with Crippen molar-refractivity contribution in [1.29, 1.82) is 0 Å². The zero-order valence-corrected chi connectivity index (χ0v) is 11.3. The number of hydrogen-bond acceptors (Lipinski definition) is 5. The predicted molar refractivity (Wildman–Crippen MR) is 67.2 cm³/mol. The quantitative estimate of drug-likeness (QED) is 0.517. The number of hydrogen-bond donors (Lipinski definition) is 1. The third kappa shape index (κ3) is 2.80. The summed E-state index contributed by atoms with van der Waals surface area (Å²) in [6.45, 7) is 1.15. The maximum Gasteiger partial charge on any atom is 0.269 e. The zero-order valence-electron chi connectivity index (χ0n) is 9.70. The summed E-state index contributed by atoms with van der Waals surface area (Å²) in [5.74, 6) is 0. The van der Waals surface area contributed by atoms with Crippen LogP contribution in [0, 0.1) is 10.1 Å². The summed E-state index contributed by atoms with van der Waals surface area (Å²) in [6, 6.07) is 5.06. The molecule has 100 valence electrons. The average molecular weight is 294 g/mol. The normalized spacial score (nSPS) is 16.9. The van der Waals surface area contributed by atoms with Crippen LogP contribution in [0.1, 0.15) is 18.6 Å². The van der Waals surface area contributed by atoms with Gasteiger partial charge in [0.1, 0.15) is 6.10 Å². The third-order valence-corrected chi connectivity index (χ3v) is 5.33. The lowest BCUT2D eigenvalue weighted by Crippen LogP contribution is -2.35. The van der Waals surface area contributed by atoms with Gasteiger partial charge >= 0.3 is 0 Å². The molecule has 2 atom stereocenters. The number of aliphatic hydroxyl groups excluding tert-OH is 1. The Morgan fingerprint density at radius 3 is 2.50 bits per heavy atom. The molecule has 1 rings (SSSR count). The van der Waals surface area contributed by atoms with E-state index < -0.39 is 25.1 Å². The molecule has 6 nitrogen and oxygen atoms in total. The minimum atomic E-state index is -3.74. The molecule has 0 radical (unpaired) electrons. The summed E-state index contributed by atoms with van der Waals surface area (Å²) >= 11 is 5.82. The highest BCUT2D eigenvalue weighted by atomic mass is 35.5. The van der Waals surface area contributed by atoms with E-state index in [1.54, 1.807) is 0 Å². The smallest absolute Gasteiger partial charge is 0.269 e. The lowest BCUT2D eigenvalue weighted by atomic mass is 10.1. The van der Waals surface area contributed by atoms with Gasteiger partial charge < -0.3 is 5.11 Å². The Morgan fingerprint density at radius 2 is 2.06 bits per heavy atom. The molecule has 1 N–H and O–H groups in total. The van der Waals surface area contributed by atoms with Crippen LogP contribution >= 0.6 is 11.6 Å². The number of halogens is 1. The van der Waals surface area contributed by atoms with Crippen LogP contribution in [-0.4, -0.2) is 28.9 Å². The fourth-order valence-electron chi connectivity index (χ4n) is 1.31. The van der Waals surface area contributed by atoms with Crippen LogP contribution in [0.4, 0.5) is 5.69 Å². The molecule has 0 aromatic heterocycles. The van der Waals surface area contributed by atoms with E-state index in [2.05, 4.69) is 0 Å². The van der Waals surface area contributed by atoms with Crippen molar-refractivity contribution >= 4 is 27.1 Å². The van der Waals surface area contributed by atoms with Crippen LogP contribution in [0.15, 0.2) is 24.3 Å². The number of nitro benzene ring substituents is 1. The first kappa shape index (κ1) is 14.9. The summed E-state index contributed by atoms with van der Waals surface area (Å²) in [6.07, 6.45) is -0.672. The van der Waals surface area contributed by atoms with Gasteiger partial charge in [-0.1, -0.05) is 23.7 Å². The van der Waals surface area contributed by atoms with Crippen LogP contribution in [0.2, 0.25) is 0 Å². The maximum absolute atomic E-state index is 11.5. The van der Waals surface area contributed by atoms with Crippen LogP contribution in [0.3, 0.4) is 0 Å². The van der Waals surface area contributed by atoms with Crippen molar-refractivity contribution in [1.82, 2.24) is 0 Å². The minimum absolute atomic E-state index is 0.0760. The molecular formula is C10H12ClNO5S. The van der Waals surface area contributed by atoms with Crippen LogP contribution in [0.5, 0.6) is 0 Å². The molecule has 0 spiro atoms. The molecule has 0 aliphatic carbocycles. The first-order valence-corrected chi connectivity index (χ1v) is 7.15. The van der Waals surface area contributed by atoms with E-state index in [4.69, 9.17) is 11.6 Å². The van der Waals surface area contributed by atoms with E-state index in [0.29, 0.717) is 0 Å². The number of benzene rings is 1. The lowest BCUT2D eigenvalue weighted by molar-refractivity contribution is -0.385. The molecule has 18 heavy (non-hydrogen) atoms. The largest absolute Gasteiger partial charge is 0.385 e. The van der Waals surface area contributed by atoms with E-state index in [9.17, 15) is 23.6 Å². The van der Waals surface area contributed by atoms with Crippen molar-refractivity contribution in [3.63, 3.8) is 0 Å². The standard InChI is InChI=1S/C10H12ClNO5S/c1-10(11,18(2,16)17)9(13)7-4-3-5-8(6-7)12(14)15/h3-6,9,13H,1-2H3/t9-,10+/m0/s1. The second kappa shape index (κ2) is 4.83. The molecule has 0 aliphatic heterocycles. The van der Waals surface area contributed by atoms with Crippen molar-refractivity contribution < 1.29 is 18.4 Å². The number of non-ortho nitro benzene ring substituents is 1. The van der Waals surface area contributed by atoms with E-state index in [1.807, 2.05) is 0 Å². The molecule has 0 bridgehead atoms. The number of rotatable bonds is 4. The maximum atomic E-state index is 11.5. The second-order valence-corrected chi connectivity index (χ2v) is 7.41. The summed E-state index contributed by atoms with van der Waals surface area (Å²) in [4.78, 5) is 9.96. The molecule has 0 fully saturated rings. The molecule has 0 amide bonds. The lowest BCUT2D eigenvalue weighted by Gasteiger charge is -2.26. The van der Waals surface area contributed by atoms with Crippen molar-refractivity contribution in [2.45, 2.75) is 17.2 Å².